The highest BCUT2D eigenvalue weighted by Crippen LogP contribution is 2.24. The number of aliphatic imine (C=N–C) groups is 1. The van der Waals surface area contributed by atoms with Gasteiger partial charge in [0.15, 0.2) is 0 Å². The molecule has 7 nitrogen and oxygen atoms in total. The summed E-state index contributed by atoms with van der Waals surface area (Å²) in [6.07, 6.45) is 3.16. The number of rotatable bonds is 5. The molecule has 3 aromatic rings. The minimum Gasteiger partial charge on any atom is -0.484 e. The van der Waals surface area contributed by atoms with Crippen molar-refractivity contribution in [3.63, 3.8) is 0 Å². The highest BCUT2D eigenvalue weighted by atomic mass is 16.5. The van der Waals surface area contributed by atoms with E-state index in [1.807, 2.05) is 44.1 Å². The maximum Gasteiger partial charge on any atom is 0.272 e. The first-order chi connectivity index (χ1) is 11.9. The molecule has 0 bridgehead atoms. The Morgan fingerprint density at radius 1 is 1.20 bits per heavy atom. The average molecular weight is 338 g/mol. The van der Waals surface area contributed by atoms with Gasteiger partial charge < -0.3 is 9.64 Å². The van der Waals surface area contributed by atoms with Crippen molar-refractivity contribution in [1.82, 2.24) is 24.5 Å². The smallest absolute Gasteiger partial charge is 0.272 e. The van der Waals surface area contributed by atoms with Gasteiger partial charge >= 0.3 is 0 Å². The predicted octanol–water partition coefficient (Wildman–Crippen LogP) is 3.10. The van der Waals surface area contributed by atoms with Crippen molar-refractivity contribution >= 4 is 18.1 Å². The van der Waals surface area contributed by atoms with Gasteiger partial charge in [0.2, 0.25) is 0 Å². The van der Waals surface area contributed by atoms with Crippen LogP contribution < -0.4 is 4.74 Å². The number of benzene rings is 1. The van der Waals surface area contributed by atoms with Gasteiger partial charge in [0, 0.05) is 20.3 Å². The molecule has 0 N–H and O–H groups in total. The Morgan fingerprint density at radius 3 is 2.60 bits per heavy atom. The van der Waals surface area contributed by atoms with Gasteiger partial charge in [0.1, 0.15) is 11.9 Å². The van der Waals surface area contributed by atoms with Gasteiger partial charge in [-0.05, 0) is 50.1 Å². The first kappa shape index (κ1) is 16.9. The summed E-state index contributed by atoms with van der Waals surface area (Å²) < 4.78 is 7.79. The Kier molecular flexibility index (Phi) is 4.65. The second-order valence-corrected chi connectivity index (χ2v) is 6.28. The van der Waals surface area contributed by atoms with E-state index in [1.54, 1.807) is 17.1 Å². The molecule has 1 aromatic carbocycles. The average Bonchev–Trinajstić information content (AvgIpc) is 2.94. The quantitative estimate of drug-likeness (QED) is 0.528. The molecule has 1 unspecified atom stereocenters. The van der Waals surface area contributed by atoms with Gasteiger partial charge in [-0.25, -0.2) is 9.98 Å². The lowest BCUT2D eigenvalue weighted by Crippen LogP contribution is -2.10. The lowest BCUT2D eigenvalue weighted by molar-refractivity contribution is 0.218. The van der Waals surface area contributed by atoms with E-state index < -0.39 is 0 Å². The molecule has 0 amide bonds. The van der Waals surface area contributed by atoms with E-state index in [1.165, 1.54) is 11.1 Å². The van der Waals surface area contributed by atoms with E-state index in [0.29, 0.717) is 11.7 Å². The van der Waals surface area contributed by atoms with Crippen LogP contribution in [0.25, 0.3) is 5.78 Å². The summed E-state index contributed by atoms with van der Waals surface area (Å²) in [6, 6.07) is 8.05. The van der Waals surface area contributed by atoms with Gasteiger partial charge in [-0.15, -0.1) is 5.10 Å². The Morgan fingerprint density at radius 2 is 1.92 bits per heavy atom. The standard InChI is InChI=1S/C18H22N6O/c1-12-8-13(2)10-15(9-12)25-14(3)16-6-7-19-18-21-17(22-24(16)18)20-11-23(4)5/h6-11,14H,1-5H3. The number of fused-ring (bicyclic) bond motifs is 1. The first-order valence-corrected chi connectivity index (χ1v) is 8.09. The number of aromatic nitrogens is 4. The number of aryl methyl sites for hydroxylation is 2. The minimum atomic E-state index is -0.209. The Bertz CT molecular complexity index is 895. The minimum absolute atomic E-state index is 0.209. The van der Waals surface area contributed by atoms with Gasteiger partial charge in [-0.3, -0.25) is 0 Å². The van der Waals surface area contributed by atoms with E-state index in [4.69, 9.17) is 4.74 Å². The SMILES string of the molecule is Cc1cc(C)cc(OC(C)c2ccnc3nc(N=CN(C)C)nn23)c1. The Labute approximate surface area is 147 Å². The number of hydrogen-bond acceptors (Lipinski definition) is 5. The summed E-state index contributed by atoms with van der Waals surface area (Å²) in [6.45, 7) is 6.10. The van der Waals surface area contributed by atoms with Gasteiger partial charge in [0.05, 0.1) is 12.0 Å². The summed E-state index contributed by atoms with van der Waals surface area (Å²) in [5.41, 5.74) is 3.20. The maximum atomic E-state index is 6.11. The molecule has 0 radical (unpaired) electrons. The maximum absolute atomic E-state index is 6.11. The number of hydrogen-bond donors (Lipinski definition) is 0. The van der Waals surface area contributed by atoms with Crippen molar-refractivity contribution in [1.29, 1.82) is 0 Å². The van der Waals surface area contributed by atoms with Crippen LogP contribution in [0, 0.1) is 13.8 Å². The fraction of sp³-hybridized carbons (Fsp3) is 0.333. The third kappa shape index (κ3) is 3.93. The number of ether oxygens (including phenoxy) is 1. The Hall–Kier alpha value is -2.96. The fourth-order valence-electron chi connectivity index (χ4n) is 2.60. The van der Waals surface area contributed by atoms with Crippen LogP contribution in [0.2, 0.25) is 0 Å². The van der Waals surface area contributed by atoms with Crippen LogP contribution in [-0.4, -0.2) is 44.9 Å². The summed E-state index contributed by atoms with van der Waals surface area (Å²) in [5.74, 6) is 1.70. The molecule has 0 saturated carbocycles. The molecular formula is C18H22N6O. The summed E-state index contributed by atoms with van der Waals surface area (Å²) in [4.78, 5) is 14.6. The third-order valence-corrected chi connectivity index (χ3v) is 3.59. The molecular weight excluding hydrogens is 316 g/mol. The second-order valence-electron chi connectivity index (χ2n) is 6.28. The molecule has 25 heavy (non-hydrogen) atoms. The van der Waals surface area contributed by atoms with Crippen molar-refractivity contribution in [2.75, 3.05) is 14.1 Å². The topological polar surface area (TPSA) is 67.9 Å². The van der Waals surface area contributed by atoms with E-state index in [0.717, 1.165) is 11.4 Å². The highest BCUT2D eigenvalue weighted by Gasteiger charge is 2.15. The summed E-state index contributed by atoms with van der Waals surface area (Å²) >= 11 is 0. The molecule has 3 rings (SSSR count). The molecule has 0 fully saturated rings. The normalized spacial score (nSPS) is 12.7. The van der Waals surface area contributed by atoms with Crippen molar-refractivity contribution in [3.05, 3.63) is 47.3 Å². The molecule has 2 heterocycles. The van der Waals surface area contributed by atoms with Crippen LogP contribution >= 0.6 is 0 Å². The van der Waals surface area contributed by atoms with Crippen LogP contribution in [0.1, 0.15) is 29.8 Å². The molecule has 1 atom stereocenters. The van der Waals surface area contributed by atoms with Crippen molar-refractivity contribution in [2.45, 2.75) is 26.9 Å². The van der Waals surface area contributed by atoms with Crippen LogP contribution in [0.5, 0.6) is 5.75 Å². The molecule has 7 heteroatoms. The van der Waals surface area contributed by atoms with Crippen molar-refractivity contribution in [2.24, 2.45) is 4.99 Å². The highest BCUT2D eigenvalue weighted by molar-refractivity contribution is 5.58. The first-order valence-electron chi connectivity index (χ1n) is 8.09. The van der Waals surface area contributed by atoms with Gasteiger partial charge in [-0.2, -0.15) is 9.50 Å². The molecule has 0 aliphatic heterocycles. The molecule has 0 aliphatic rings. The van der Waals surface area contributed by atoms with Gasteiger partial charge in [-0.1, -0.05) is 6.07 Å². The zero-order chi connectivity index (χ0) is 18.0. The van der Waals surface area contributed by atoms with Crippen LogP contribution in [0.4, 0.5) is 5.95 Å². The lowest BCUT2D eigenvalue weighted by Gasteiger charge is -2.16. The molecule has 0 saturated heterocycles. The van der Waals surface area contributed by atoms with Gasteiger partial charge in [0.25, 0.3) is 11.7 Å². The van der Waals surface area contributed by atoms with E-state index in [-0.39, 0.29) is 6.10 Å². The largest absolute Gasteiger partial charge is 0.484 e. The van der Waals surface area contributed by atoms with Crippen molar-refractivity contribution in [3.8, 4) is 5.75 Å². The lowest BCUT2D eigenvalue weighted by atomic mass is 10.1. The van der Waals surface area contributed by atoms with E-state index >= 15 is 0 Å². The van der Waals surface area contributed by atoms with Crippen LogP contribution in [0.3, 0.4) is 0 Å². The molecule has 2 aromatic heterocycles. The molecule has 130 valence electrons. The fourth-order valence-corrected chi connectivity index (χ4v) is 2.60. The van der Waals surface area contributed by atoms with E-state index in [9.17, 15) is 0 Å². The van der Waals surface area contributed by atoms with Crippen molar-refractivity contribution < 1.29 is 4.74 Å². The summed E-state index contributed by atoms with van der Waals surface area (Å²) in [7, 11) is 3.78. The second kappa shape index (κ2) is 6.88. The molecule has 0 spiro atoms. The third-order valence-electron chi connectivity index (χ3n) is 3.59. The summed E-state index contributed by atoms with van der Waals surface area (Å²) in [5, 5.41) is 4.42. The van der Waals surface area contributed by atoms with Crippen LogP contribution in [-0.2, 0) is 0 Å². The Balaban J connectivity index is 1.91. The zero-order valence-electron chi connectivity index (χ0n) is 15.1. The van der Waals surface area contributed by atoms with Crippen LogP contribution in [0.15, 0.2) is 35.5 Å². The van der Waals surface area contributed by atoms with E-state index in [2.05, 4.69) is 40.0 Å². The monoisotopic (exact) mass is 338 g/mol. The predicted molar refractivity (Wildman–Crippen MR) is 97.6 cm³/mol. The molecule has 0 aliphatic carbocycles. The number of nitrogens with zero attached hydrogens (tertiary/aromatic N) is 6. The zero-order valence-corrected chi connectivity index (χ0v) is 15.1.